The third-order valence-electron chi connectivity index (χ3n) is 7.72. The predicted molar refractivity (Wildman–Crippen MR) is 150 cm³/mol. The van der Waals surface area contributed by atoms with E-state index in [1.807, 2.05) is 30.3 Å². The lowest BCUT2D eigenvalue weighted by Crippen LogP contribution is -2.31. The maximum Gasteiger partial charge on any atom is 0.282 e. The van der Waals surface area contributed by atoms with Gasteiger partial charge in [0.2, 0.25) is 0 Å². The summed E-state index contributed by atoms with van der Waals surface area (Å²) in [5.74, 6) is 0.176. The summed E-state index contributed by atoms with van der Waals surface area (Å²) in [5, 5.41) is 17.6. The van der Waals surface area contributed by atoms with Crippen molar-refractivity contribution < 1.29 is 9.72 Å². The Morgan fingerprint density at radius 1 is 1.00 bits per heavy atom. The minimum atomic E-state index is -0.331. The number of nitrogens with one attached hydrogen (secondary N) is 1. The lowest BCUT2D eigenvalue weighted by atomic mass is 9.76. The van der Waals surface area contributed by atoms with Gasteiger partial charge in [-0.15, -0.1) is 23.4 Å². The average molecular weight is 529 g/mol. The van der Waals surface area contributed by atoms with Crippen LogP contribution in [-0.4, -0.2) is 21.3 Å². The number of thioether (sulfide) groups is 1. The third-order valence-corrected chi connectivity index (χ3v) is 9.83. The molecule has 0 radical (unpaired) electrons. The summed E-state index contributed by atoms with van der Waals surface area (Å²) in [7, 11) is 0. The molecule has 0 unspecified atom stereocenters. The Morgan fingerprint density at radius 2 is 1.76 bits per heavy atom. The van der Waals surface area contributed by atoms with E-state index in [-0.39, 0.29) is 44.9 Å². The van der Waals surface area contributed by atoms with Gasteiger partial charge >= 0.3 is 0 Å². The molecule has 1 fully saturated rings. The van der Waals surface area contributed by atoms with Crippen LogP contribution in [0, 0.1) is 16.0 Å². The Kier molecular flexibility index (Phi) is 6.17. The van der Waals surface area contributed by atoms with Crippen LogP contribution < -0.4 is 5.32 Å². The van der Waals surface area contributed by atoms with Crippen LogP contribution in [0.2, 0.25) is 0 Å². The SMILES string of the molecule is CC(=O)c1ccc2c(c1)[C@@H]1[C@@H](Cl)[C@@H](Sc3ccccc3[N+](=O)[O-])C[C@@H]1[C@H](c1cccc3ccccc13)N2. The Hall–Kier alpha value is -3.35. The van der Waals surface area contributed by atoms with Crippen LogP contribution in [0.4, 0.5) is 11.4 Å². The Bertz CT molecular complexity index is 1540. The Morgan fingerprint density at radius 3 is 2.57 bits per heavy atom. The van der Waals surface area contributed by atoms with Gasteiger partial charge in [0.05, 0.1) is 21.2 Å². The lowest BCUT2D eigenvalue weighted by molar-refractivity contribution is -0.387. The fourth-order valence-corrected chi connectivity index (χ4v) is 7.98. The molecule has 0 saturated heterocycles. The fourth-order valence-electron chi connectivity index (χ4n) is 6.04. The number of hydrogen-bond donors (Lipinski definition) is 1. The van der Waals surface area contributed by atoms with Gasteiger partial charge in [0.25, 0.3) is 5.69 Å². The van der Waals surface area contributed by atoms with Crippen molar-refractivity contribution in [1.82, 2.24) is 0 Å². The molecule has 1 aliphatic heterocycles. The highest BCUT2D eigenvalue weighted by molar-refractivity contribution is 8.00. The minimum Gasteiger partial charge on any atom is -0.378 e. The van der Waals surface area contributed by atoms with Crippen LogP contribution in [0.5, 0.6) is 0 Å². The first-order chi connectivity index (χ1) is 17.9. The molecular weight excluding hydrogens is 504 g/mol. The van der Waals surface area contributed by atoms with E-state index in [1.54, 1.807) is 25.1 Å². The van der Waals surface area contributed by atoms with Gasteiger partial charge in [-0.05, 0) is 65.4 Å². The van der Waals surface area contributed by atoms with Crippen molar-refractivity contribution in [3.05, 3.63) is 112 Å². The molecule has 0 aromatic heterocycles. The zero-order chi connectivity index (χ0) is 25.7. The van der Waals surface area contributed by atoms with E-state index < -0.39 is 0 Å². The molecule has 0 spiro atoms. The van der Waals surface area contributed by atoms with Gasteiger partial charge < -0.3 is 5.32 Å². The van der Waals surface area contributed by atoms with Gasteiger partial charge in [0.15, 0.2) is 5.78 Å². The normalized spacial score (nSPS) is 24.2. The maximum atomic E-state index is 12.2. The predicted octanol–water partition coefficient (Wildman–Crippen LogP) is 7.99. The second-order valence-electron chi connectivity index (χ2n) is 9.80. The van der Waals surface area contributed by atoms with Crippen LogP contribution >= 0.6 is 23.4 Å². The molecule has 6 rings (SSSR count). The van der Waals surface area contributed by atoms with Crippen LogP contribution in [-0.2, 0) is 0 Å². The van der Waals surface area contributed by atoms with E-state index in [0.29, 0.717) is 10.5 Å². The quantitative estimate of drug-likeness (QED) is 0.123. The molecule has 1 heterocycles. The third kappa shape index (κ3) is 4.18. The standard InChI is InChI=1S/C30H25ClN2O3S/c1-17(34)19-13-14-24-22(15-19)28-23(30(32-24)21-10-6-8-18-7-2-3-9-20(18)21)16-27(29(28)31)37-26-12-5-4-11-25(26)33(35)36/h2-15,23,27-30,32H,16H2,1H3/t23-,27-,28-,29-,30-/m0/s1. The molecule has 1 N–H and O–H groups in total. The van der Waals surface area contributed by atoms with Gasteiger partial charge in [-0.2, -0.15) is 0 Å². The lowest BCUT2D eigenvalue weighted by Gasteiger charge is -2.39. The van der Waals surface area contributed by atoms with E-state index >= 15 is 0 Å². The summed E-state index contributed by atoms with van der Waals surface area (Å²) in [5.41, 5.74) is 4.04. The van der Waals surface area contributed by atoms with Crippen molar-refractivity contribution in [3.63, 3.8) is 0 Å². The summed E-state index contributed by atoms with van der Waals surface area (Å²) < 4.78 is 0. The van der Waals surface area contributed by atoms with E-state index in [1.165, 1.54) is 28.1 Å². The molecule has 7 heteroatoms. The van der Waals surface area contributed by atoms with Crippen LogP contribution in [0.3, 0.4) is 0 Å². The van der Waals surface area contributed by atoms with E-state index in [0.717, 1.165) is 17.7 Å². The first-order valence-electron chi connectivity index (χ1n) is 12.4. The van der Waals surface area contributed by atoms with E-state index in [2.05, 4.69) is 41.7 Å². The van der Waals surface area contributed by atoms with Crippen molar-refractivity contribution in [2.75, 3.05) is 5.32 Å². The first-order valence-corrected chi connectivity index (χ1v) is 13.7. The van der Waals surface area contributed by atoms with Gasteiger partial charge in [-0.3, -0.25) is 14.9 Å². The number of fused-ring (bicyclic) bond motifs is 4. The smallest absolute Gasteiger partial charge is 0.282 e. The number of halogens is 1. The largest absolute Gasteiger partial charge is 0.378 e. The molecule has 4 aromatic carbocycles. The number of carbonyl (C=O) groups is 1. The van der Waals surface area contributed by atoms with Crippen LogP contribution in [0.1, 0.15) is 46.8 Å². The number of Topliss-reactive ketones (excluding diaryl/α,β-unsaturated/α-hetero) is 1. The zero-order valence-electron chi connectivity index (χ0n) is 20.1. The first kappa shape index (κ1) is 24.0. The fraction of sp³-hybridized carbons (Fsp3) is 0.233. The van der Waals surface area contributed by atoms with Gasteiger partial charge in [-0.25, -0.2) is 0 Å². The van der Waals surface area contributed by atoms with Crippen molar-refractivity contribution in [2.45, 2.75) is 40.8 Å². The second-order valence-corrected chi connectivity index (χ2v) is 11.6. The molecular formula is C30H25ClN2O3S. The second kappa shape index (κ2) is 9.51. The number of ketones is 1. The van der Waals surface area contributed by atoms with Crippen molar-refractivity contribution >= 4 is 51.3 Å². The highest BCUT2D eigenvalue weighted by atomic mass is 35.5. The number of para-hydroxylation sites is 1. The van der Waals surface area contributed by atoms with E-state index in [4.69, 9.17) is 11.6 Å². The van der Waals surface area contributed by atoms with Gasteiger partial charge in [0.1, 0.15) is 0 Å². The van der Waals surface area contributed by atoms with Crippen LogP contribution in [0.15, 0.2) is 89.8 Å². The number of nitrogens with zero attached hydrogens (tertiary/aromatic N) is 1. The van der Waals surface area contributed by atoms with Crippen molar-refractivity contribution in [1.29, 1.82) is 0 Å². The van der Waals surface area contributed by atoms with Crippen molar-refractivity contribution in [2.24, 2.45) is 5.92 Å². The number of benzene rings is 4. The summed E-state index contributed by atoms with van der Waals surface area (Å²) >= 11 is 8.76. The number of nitro benzene ring substituents is 1. The number of rotatable bonds is 5. The van der Waals surface area contributed by atoms with E-state index in [9.17, 15) is 14.9 Å². The number of nitro groups is 1. The zero-order valence-corrected chi connectivity index (χ0v) is 21.7. The molecule has 1 saturated carbocycles. The molecule has 5 atom stereocenters. The highest BCUT2D eigenvalue weighted by Crippen LogP contribution is 2.58. The highest BCUT2D eigenvalue weighted by Gasteiger charge is 2.50. The summed E-state index contributed by atoms with van der Waals surface area (Å²) in [4.78, 5) is 24.2. The van der Waals surface area contributed by atoms with Gasteiger partial charge in [-0.1, -0.05) is 54.6 Å². The molecule has 0 amide bonds. The Balaban J connectivity index is 1.46. The Labute approximate surface area is 224 Å². The number of hydrogen-bond acceptors (Lipinski definition) is 5. The monoisotopic (exact) mass is 528 g/mol. The summed E-state index contributed by atoms with van der Waals surface area (Å²) in [6.45, 7) is 1.58. The molecule has 37 heavy (non-hydrogen) atoms. The summed E-state index contributed by atoms with van der Waals surface area (Å²) in [6.07, 6.45) is 0.792. The maximum absolute atomic E-state index is 12.2. The number of alkyl halides is 1. The molecule has 5 nitrogen and oxygen atoms in total. The van der Waals surface area contributed by atoms with Crippen LogP contribution in [0.25, 0.3) is 10.8 Å². The minimum absolute atomic E-state index is 0.00135. The number of carbonyl (C=O) groups excluding carboxylic acids is 1. The molecule has 0 bridgehead atoms. The topological polar surface area (TPSA) is 72.2 Å². The van der Waals surface area contributed by atoms with Crippen molar-refractivity contribution in [3.8, 4) is 0 Å². The molecule has 1 aliphatic carbocycles. The molecule has 2 aliphatic rings. The molecule has 4 aromatic rings. The molecule has 186 valence electrons. The van der Waals surface area contributed by atoms with Gasteiger partial charge in [0, 0.05) is 28.5 Å². The number of anilines is 1. The summed E-state index contributed by atoms with van der Waals surface area (Å²) in [6, 6.07) is 27.5. The average Bonchev–Trinajstić information content (AvgIpc) is 3.23.